The zero-order valence-corrected chi connectivity index (χ0v) is 12.2. The number of amides is 1. The summed E-state index contributed by atoms with van der Waals surface area (Å²) in [6.07, 6.45) is 3.27. The van der Waals surface area contributed by atoms with Crippen molar-refractivity contribution in [3.63, 3.8) is 0 Å². The van der Waals surface area contributed by atoms with Gasteiger partial charge in [-0.15, -0.1) is 6.58 Å². The Hall–Kier alpha value is -1.03. The average molecular weight is 255 g/mol. The summed E-state index contributed by atoms with van der Waals surface area (Å²) in [5, 5.41) is 0. The fraction of sp³-hybridized carbons (Fsp3) is 0.786. The van der Waals surface area contributed by atoms with Gasteiger partial charge in [0.05, 0.1) is 12.6 Å². The molecule has 0 bridgehead atoms. The summed E-state index contributed by atoms with van der Waals surface area (Å²) < 4.78 is 11.1. The lowest BCUT2D eigenvalue weighted by molar-refractivity contribution is -0.0626. The lowest BCUT2D eigenvalue weighted by atomic mass is 10.1. The van der Waals surface area contributed by atoms with Gasteiger partial charge in [-0.05, 0) is 47.5 Å². The molecule has 1 amide bonds. The molecule has 4 heteroatoms. The van der Waals surface area contributed by atoms with Crippen LogP contribution in [0.3, 0.4) is 0 Å². The molecule has 104 valence electrons. The monoisotopic (exact) mass is 255 g/mol. The highest BCUT2D eigenvalue weighted by Gasteiger charge is 2.45. The molecule has 1 unspecified atom stereocenters. The summed E-state index contributed by atoms with van der Waals surface area (Å²) in [4.78, 5) is 14.0. The molecule has 1 saturated heterocycles. The molecule has 1 rings (SSSR count). The standard InChI is InChI=1S/C14H25NO3/c1-7-8-9-11-10-17-14(5,6)15(11)12(16)18-13(2,3)4/h7,11H,1,8-10H2,2-6H3. The minimum atomic E-state index is -0.603. The lowest BCUT2D eigenvalue weighted by Crippen LogP contribution is -2.49. The van der Waals surface area contributed by atoms with E-state index >= 15 is 0 Å². The molecule has 1 aliphatic rings. The molecule has 4 nitrogen and oxygen atoms in total. The van der Waals surface area contributed by atoms with Crippen LogP contribution in [0.2, 0.25) is 0 Å². The van der Waals surface area contributed by atoms with E-state index in [2.05, 4.69) is 6.58 Å². The van der Waals surface area contributed by atoms with Gasteiger partial charge in [-0.25, -0.2) is 4.79 Å². The largest absolute Gasteiger partial charge is 0.444 e. The maximum atomic E-state index is 12.2. The summed E-state index contributed by atoms with van der Waals surface area (Å²) in [5.41, 5.74) is -1.09. The van der Waals surface area contributed by atoms with Gasteiger partial charge in [-0.2, -0.15) is 0 Å². The average Bonchev–Trinajstić information content (AvgIpc) is 2.48. The van der Waals surface area contributed by atoms with Gasteiger partial charge in [0.1, 0.15) is 11.3 Å². The Labute approximate surface area is 110 Å². The molecule has 1 fully saturated rings. The van der Waals surface area contributed by atoms with Gasteiger partial charge in [0.25, 0.3) is 0 Å². The minimum Gasteiger partial charge on any atom is -0.444 e. The highest BCUT2D eigenvalue weighted by Crippen LogP contribution is 2.31. The Morgan fingerprint density at radius 3 is 2.67 bits per heavy atom. The fourth-order valence-electron chi connectivity index (χ4n) is 2.09. The van der Waals surface area contributed by atoms with Gasteiger partial charge >= 0.3 is 6.09 Å². The van der Waals surface area contributed by atoms with Crippen molar-refractivity contribution in [1.29, 1.82) is 0 Å². The minimum absolute atomic E-state index is 0.0628. The number of nitrogens with zero attached hydrogens (tertiary/aromatic N) is 1. The van der Waals surface area contributed by atoms with Crippen LogP contribution in [0, 0.1) is 0 Å². The summed E-state index contributed by atoms with van der Waals surface area (Å²) in [5.74, 6) is 0. The quantitative estimate of drug-likeness (QED) is 0.726. The van der Waals surface area contributed by atoms with Crippen LogP contribution in [0.1, 0.15) is 47.5 Å². The second kappa shape index (κ2) is 5.31. The Kier molecular flexibility index (Phi) is 4.43. The molecule has 0 saturated carbocycles. The number of allylic oxidation sites excluding steroid dienone is 1. The first-order chi connectivity index (χ1) is 8.17. The molecule has 1 heterocycles. The highest BCUT2D eigenvalue weighted by molar-refractivity contribution is 5.69. The smallest absolute Gasteiger partial charge is 0.412 e. The van der Waals surface area contributed by atoms with Crippen molar-refractivity contribution in [2.45, 2.75) is 64.8 Å². The maximum Gasteiger partial charge on any atom is 0.412 e. The molecule has 1 aliphatic heterocycles. The molecule has 18 heavy (non-hydrogen) atoms. The molecule has 0 aromatic heterocycles. The Bertz CT molecular complexity index is 317. The van der Waals surface area contributed by atoms with Crippen LogP contribution in [-0.4, -0.2) is 35.0 Å². The van der Waals surface area contributed by atoms with Gasteiger partial charge in [0, 0.05) is 0 Å². The lowest BCUT2D eigenvalue weighted by Gasteiger charge is -2.35. The maximum absolute atomic E-state index is 12.2. The van der Waals surface area contributed by atoms with Gasteiger partial charge in [0.15, 0.2) is 0 Å². The van der Waals surface area contributed by atoms with E-state index in [4.69, 9.17) is 9.47 Å². The summed E-state index contributed by atoms with van der Waals surface area (Å²) in [7, 11) is 0. The van der Waals surface area contributed by atoms with Gasteiger partial charge in [0.2, 0.25) is 0 Å². The van der Waals surface area contributed by atoms with E-state index in [0.717, 1.165) is 12.8 Å². The normalized spacial score (nSPS) is 22.9. The predicted molar refractivity (Wildman–Crippen MR) is 71.3 cm³/mol. The number of ether oxygens (including phenoxy) is 2. The fourth-order valence-corrected chi connectivity index (χ4v) is 2.09. The third-order valence-corrected chi connectivity index (χ3v) is 2.87. The first-order valence-electron chi connectivity index (χ1n) is 6.44. The highest BCUT2D eigenvalue weighted by atomic mass is 16.6. The summed E-state index contributed by atoms with van der Waals surface area (Å²) in [6, 6.07) is 0.0628. The van der Waals surface area contributed by atoms with Crippen molar-refractivity contribution in [3.05, 3.63) is 12.7 Å². The van der Waals surface area contributed by atoms with Crippen molar-refractivity contribution in [1.82, 2.24) is 4.90 Å². The van der Waals surface area contributed by atoms with E-state index in [1.165, 1.54) is 0 Å². The zero-order chi connectivity index (χ0) is 14.0. The second-order valence-electron chi connectivity index (χ2n) is 6.13. The van der Waals surface area contributed by atoms with Crippen molar-refractivity contribution in [2.75, 3.05) is 6.61 Å². The van der Waals surface area contributed by atoms with Gasteiger partial charge in [-0.1, -0.05) is 6.08 Å². The Morgan fingerprint density at radius 2 is 2.17 bits per heavy atom. The number of rotatable bonds is 3. The van der Waals surface area contributed by atoms with Crippen LogP contribution >= 0.6 is 0 Å². The SMILES string of the molecule is C=CCCC1COC(C)(C)N1C(=O)OC(C)(C)C. The second-order valence-corrected chi connectivity index (χ2v) is 6.13. The molecule has 0 aromatic rings. The third-order valence-electron chi connectivity index (χ3n) is 2.87. The summed E-state index contributed by atoms with van der Waals surface area (Å²) >= 11 is 0. The third kappa shape index (κ3) is 3.73. The number of hydrogen-bond acceptors (Lipinski definition) is 3. The van der Waals surface area contributed by atoms with Crippen molar-refractivity contribution in [2.24, 2.45) is 0 Å². The van der Waals surface area contributed by atoms with Crippen LogP contribution < -0.4 is 0 Å². The van der Waals surface area contributed by atoms with Crippen molar-refractivity contribution >= 4 is 6.09 Å². The topological polar surface area (TPSA) is 38.8 Å². The van der Waals surface area contributed by atoms with E-state index < -0.39 is 11.3 Å². The van der Waals surface area contributed by atoms with Crippen LogP contribution in [0.5, 0.6) is 0 Å². The van der Waals surface area contributed by atoms with E-state index in [0.29, 0.717) is 6.61 Å². The van der Waals surface area contributed by atoms with E-state index in [1.807, 2.05) is 40.7 Å². The Balaban J connectivity index is 2.78. The molecule has 0 N–H and O–H groups in total. The van der Waals surface area contributed by atoms with E-state index in [-0.39, 0.29) is 12.1 Å². The zero-order valence-electron chi connectivity index (χ0n) is 12.2. The van der Waals surface area contributed by atoms with Gasteiger partial charge in [-0.3, -0.25) is 4.90 Å². The van der Waals surface area contributed by atoms with Gasteiger partial charge < -0.3 is 9.47 Å². The molecule has 0 spiro atoms. The van der Waals surface area contributed by atoms with Crippen molar-refractivity contribution < 1.29 is 14.3 Å². The number of carbonyl (C=O) groups is 1. The van der Waals surface area contributed by atoms with Crippen LogP contribution in [0.15, 0.2) is 12.7 Å². The van der Waals surface area contributed by atoms with Crippen LogP contribution in [-0.2, 0) is 9.47 Å². The van der Waals surface area contributed by atoms with Crippen LogP contribution in [0.25, 0.3) is 0 Å². The first kappa shape index (κ1) is 15.0. The number of carbonyl (C=O) groups excluding carboxylic acids is 1. The van der Waals surface area contributed by atoms with E-state index in [1.54, 1.807) is 4.90 Å². The molecule has 1 atom stereocenters. The van der Waals surface area contributed by atoms with Crippen molar-refractivity contribution in [3.8, 4) is 0 Å². The first-order valence-corrected chi connectivity index (χ1v) is 6.44. The van der Waals surface area contributed by atoms with E-state index in [9.17, 15) is 4.79 Å². The predicted octanol–water partition coefficient (Wildman–Crippen LogP) is 3.32. The summed E-state index contributed by atoms with van der Waals surface area (Å²) in [6.45, 7) is 13.7. The molecule has 0 radical (unpaired) electrons. The number of hydrogen-bond donors (Lipinski definition) is 0. The van der Waals surface area contributed by atoms with Crippen LogP contribution in [0.4, 0.5) is 4.79 Å². The molecular formula is C14H25NO3. The molecular weight excluding hydrogens is 230 g/mol. The Morgan fingerprint density at radius 1 is 1.56 bits per heavy atom. The molecule has 0 aromatic carbocycles. The molecule has 0 aliphatic carbocycles.